The molecule has 2 N–H and O–H groups in total. The molecule has 1 saturated heterocycles. The molecule has 1 aliphatic rings. The van der Waals surface area contributed by atoms with E-state index in [4.69, 9.17) is 5.11 Å². The number of carbonyl (C=O) groups is 2. The summed E-state index contributed by atoms with van der Waals surface area (Å²) in [5.74, 6) is -3.01. The first-order chi connectivity index (χ1) is 13.5. The lowest BCUT2D eigenvalue weighted by Gasteiger charge is -2.23. The van der Waals surface area contributed by atoms with E-state index in [-0.39, 0.29) is 17.7 Å². The number of rotatable bonds is 4. The Morgan fingerprint density at radius 2 is 1.79 bits per heavy atom. The van der Waals surface area contributed by atoms with Gasteiger partial charge in [0, 0.05) is 16.9 Å². The molecule has 1 aliphatic heterocycles. The van der Waals surface area contributed by atoms with Crippen LogP contribution in [0.2, 0.25) is 0 Å². The Morgan fingerprint density at radius 1 is 1.14 bits per heavy atom. The summed E-state index contributed by atoms with van der Waals surface area (Å²) in [5.41, 5.74) is 0.0207. The lowest BCUT2D eigenvalue weighted by Crippen LogP contribution is -2.41. The van der Waals surface area contributed by atoms with Crippen LogP contribution in [0.5, 0.6) is 0 Å². The lowest BCUT2D eigenvalue weighted by molar-refractivity contribution is -0.118. The maximum absolute atomic E-state index is 15.0. The quantitative estimate of drug-likeness (QED) is 0.737. The smallest absolute Gasteiger partial charge is 0.405 e. The lowest BCUT2D eigenvalue weighted by atomic mass is 10.0. The maximum Gasteiger partial charge on any atom is 0.405 e. The molecule has 1 fully saturated rings. The van der Waals surface area contributed by atoms with Crippen LogP contribution in [-0.2, 0) is 9.36 Å². The van der Waals surface area contributed by atoms with Crippen LogP contribution in [0.1, 0.15) is 13.3 Å². The van der Waals surface area contributed by atoms with Gasteiger partial charge in [-0.05, 0) is 44.4 Å². The van der Waals surface area contributed by atoms with Crippen molar-refractivity contribution in [1.29, 1.82) is 0 Å². The number of hydrogen-bond donors (Lipinski definition) is 2. The second-order valence-electron chi connectivity index (χ2n) is 7.42. The van der Waals surface area contributed by atoms with Gasteiger partial charge in [-0.25, -0.2) is 13.6 Å². The SMILES string of the molecule is CC1CC(NC(=O)O)C(=O)N1c1ccc(-c2ccccc2P(C)(C)=O)c(F)c1F. The first kappa shape index (κ1) is 21.0. The summed E-state index contributed by atoms with van der Waals surface area (Å²) in [7, 11) is -2.75. The van der Waals surface area contributed by atoms with E-state index in [0.717, 1.165) is 4.90 Å². The van der Waals surface area contributed by atoms with E-state index < -0.39 is 42.9 Å². The molecule has 6 nitrogen and oxygen atoms in total. The zero-order valence-corrected chi connectivity index (χ0v) is 17.0. The number of anilines is 1. The molecule has 1 heterocycles. The fourth-order valence-corrected chi connectivity index (χ4v) is 4.88. The van der Waals surface area contributed by atoms with Crippen molar-refractivity contribution in [3.05, 3.63) is 48.0 Å². The van der Waals surface area contributed by atoms with Gasteiger partial charge in [0.2, 0.25) is 5.91 Å². The van der Waals surface area contributed by atoms with E-state index in [1.807, 2.05) is 0 Å². The molecule has 0 radical (unpaired) electrons. The van der Waals surface area contributed by atoms with Crippen molar-refractivity contribution in [3.63, 3.8) is 0 Å². The van der Waals surface area contributed by atoms with Gasteiger partial charge in [0.1, 0.15) is 13.2 Å². The van der Waals surface area contributed by atoms with Crippen LogP contribution in [0.15, 0.2) is 36.4 Å². The molecule has 29 heavy (non-hydrogen) atoms. The molecule has 2 atom stereocenters. The van der Waals surface area contributed by atoms with E-state index in [0.29, 0.717) is 10.9 Å². The van der Waals surface area contributed by atoms with Crippen molar-refractivity contribution in [2.45, 2.75) is 25.4 Å². The van der Waals surface area contributed by atoms with E-state index in [2.05, 4.69) is 5.32 Å². The molecule has 0 aromatic heterocycles. The fraction of sp³-hybridized carbons (Fsp3) is 0.300. The van der Waals surface area contributed by atoms with Crippen molar-refractivity contribution in [2.75, 3.05) is 18.2 Å². The molecule has 2 amide bonds. The van der Waals surface area contributed by atoms with Crippen molar-refractivity contribution in [3.8, 4) is 11.1 Å². The Labute approximate surface area is 166 Å². The normalized spacial score (nSPS) is 19.5. The number of benzene rings is 2. The molecule has 2 aromatic carbocycles. The number of hydrogen-bond acceptors (Lipinski definition) is 3. The van der Waals surface area contributed by atoms with Crippen molar-refractivity contribution in [2.24, 2.45) is 0 Å². The second-order valence-corrected chi connectivity index (χ2v) is 10.6. The predicted molar refractivity (Wildman–Crippen MR) is 107 cm³/mol. The highest BCUT2D eigenvalue weighted by molar-refractivity contribution is 7.70. The topological polar surface area (TPSA) is 86.7 Å². The van der Waals surface area contributed by atoms with Crippen LogP contribution in [0.4, 0.5) is 19.3 Å². The molecule has 0 spiro atoms. The third-order valence-electron chi connectivity index (χ3n) is 4.95. The Morgan fingerprint density at radius 3 is 2.41 bits per heavy atom. The highest BCUT2D eigenvalue weighted by Crippen LogP contribution is 2.41. The highest BCUT2D eigenvalue weighted by atomic mass is 31.2. The molecular weight excluding hydrogens is 401 g/mol. The molecule has 0 aliphatic carbocycles. The van der Waals surface area contributed by atoms with Gasteiger partial charge in [-0.15, -0.1) is 0 Å². The largest absolute Gasteiger partial charge is 0.465 e. The predicted octanol–water partition coefficient (Wildman–Crippen LogP) is 3.64. The average Bonchev–Trinajstić information content (AvgIpc) is 2.90. The zero-order chi connectivity index (χ0) is 21.5. The summed E-state index contributed by atoms with van der Waals surface area (Å²) < 4.78 is 42.6. The number of carbonyl (C=O) groups excluding carboxylic acids is 1. The van der Waals surface area contributed by atoms with Crippen LogP contribution >= 0.6 is 7.14 Å². The van der Waals surface area contributed by atoms with Crippen LogP contribution in [-0.4, -0.2) is 42.5 Å². The molecule has 154 valence electrons. The zero-order valence-electron chi connectivity index (χ0n) is 16.1. The molecular formula is C20H21F2N2O4P. The summed E-state index contributed by atoms with van der Waals surface area (Å²) >= 11 is 0. The molecule has 2 unspecified atom stereocenters. The third-order valence-corrected chi connectivity index (χ3v) is 6.50. The fourth-order valence-electron chi connectivity index (χ4n) is 3.66. The van der Waals surface area contributed by atoms with E-state index in [1.165, 1.54) is 12.1 Å². The standard InChI is InChI=1S/C20H21F2N2O4P/c1-11-10-14(23-20(26)27)19(25)24(11)15-9-8-13(17(21)18(15)22)12-6-4-5-7-16(12)29(2,3)28/h4-9,11,14,23H,10H2,1-3H3,(H,26,27). The van der Waals surface area contributed by atoms with Crippen molar-refractivity contribution < 1.29 is 28.0 Å². The first-order valence-corrected chi connectivity index (χ1v) is 11.6. The molecule has 3 rings (SSSR count). The van der Waals surface area contributed by atoms with Gasteiger partial charge in [0.15, 0.2) is 11.6 Å². The van der Waals surface area contributed by atoms with Gasteiger partial charge < -0.3 is 19.9 Å². The van der Waals surface area contributed by atoms with E-state index in [9.17, 15) is 18.5 Å². The minimum Gasteiger partial charge on any atom is -0.465 e. The minimum atomic E-state index is -2.75. The van der Waals surface area contributed by atoms with Gasteiger partial charge in [0.25, 0.3) is 0 Å². The highest BCUT2D eigenvalue weighted by Gasteiger charge is 2.40. The maximum atomic E-state index is 15.0. The summed E-state index contributed by atoms with van der Waals surface area (Å²) in [6.07, 6.45) is -1.22. The van der Waals surface area contributed by atoms with E-state index >= 15 is 4.39 Å². The Bertz CT molecular complexity index is 1040. The number of carboxylic acid groups (broad SMARTS) is 1. The Balaban J connectivity index is 2.06. The van der Waals surface area contributed by atoms with Gasteiger partial charge >= 0.3 is 6.09 Å². The van der Waals surface area contributed by atoms with Crippen molar-refractivity contribution >= 4 is 30.1 Å². The van der Waals surface area contributed by atoms with Crippen LogP contribution in [0.3, 0.4) is 0 Å². The first-order valence-electron chi connectivity index (χ1n) is 8.98. The van der Waals surface area contributed by atoms with Gasteiger partial charge in [-0.1, -0.05) is 24.3 Å². The van der Waals surface area contributed by atoms with Gasteiger partial charge in [0.05, 0.1) is 5.69 Å². The number of nitrogens with zero attached hydrogens (tertiary/aromatic N) is 1. The second kappa shape index (κ2) is 7.59. The van der Waals surface area contributed by atoms with Crippen LogP contribution in [0, 0.1) is 11.6 Å². The van der Waals surface area contributed by atoms with Gasteiger partial charge in [-0.2, -0.15) is 0 Å². The summed E-state index contributed by atoms with van der Waals surface area (Å²) in [5, 5.41) is 11.4. The summed E-state index contributed by atoms with van der Waals surface area (Å²) in [4.78, 5) is 24.4. The summed E-state index contributed by atoms with van der Waals surface area (Å²) in [6.45, 7) is 4.73. The molecule has 2 aromatic rings. The Kier molecular flexibility index (Phi) is 5.50. The number of amides is 2. The summed E-state index contributed by atoms with van der Waals surface area (Å²) in [6, 6.07) is 7.63. The molecule has 0 bridgehead atoms. The number of nitrogens with one attached hydrogen (secondary N) is 1. The van der Waals surface area contributed by atoms with Crippen molar-refractivity contribution in [1.82, 2.24) is 5.32 Å². The molecule has 0 saturated carbocycles. The average molecular weight is 422 g/mol. The minimum absolute atomic E-state index is 0.0507. The van der Waals surface area contributed by atoms with Crippen LogP contribution < -0.4 is 15.5 Å². The monoisotopic (exact) mass is 422 g/mol. The molecule has 9 heteroatoms. The van der Waals surface area contributed by atoms with E-state index in [1.54, 1.807) is 44.5 Å². The van der Waals surface area contributed by atoms with Crippen LogP contribution in [0.25, 0.3) is 11.1 Å². The number of halogens is 2. The third kappa shape index (κ3) is 3.90. The van der Waals surface area contributed by atoms with Gasteiger partial charge in [-0.3, -0.25) is 4.79 Å². The Hall–Kier alpha value is -2.73.